The van der Waals surface area contributed by atoms with Crippen molar-refractivity contribution in [3.8, 4) is 22.3 Å². The van der Waals surface area contributed by atoms with Crippen molar-refractivity contribution in [1.82, 2.24) is 9.88 Å². The van der Waals surface area contributed by atoms with Gasteiger partial charge in [0.25, 0.3) is 0 Å². The van der Waals surface area contributed by atoms with Crippen LogP contribution in [0, 0.1) is 11.3 Å². The summed E-state index contributed by atoms with van der Waals surface area (Å²) >= 11 is 0. The van der Waals surface area contributed by atoms with E-state index in [-0.39, 0.29) is 26.1 Å². The van der Waals surface area contributed by atoms with Crippen LogP contribution < -0.4 is 5.32 Å². The fourth-order valence-corrected chi connectivity index (χ4v) is 4.29. The molecule has 2 aromatic carbocycles. The summed E-state index contributed by atoms with van der Waals surface area (Å²) in [5.74, 6) is -2.63. The standard InChI is InChI=1S/C29H36N2O5/c1-29(2,3)25(19-33)30-27(34)26(24(28(35)36)10-7-17-32)31-16-15-23(18-31)22-13-11-21(12-14-22)20-8-5-4-6-9-20/h4-6,8-9,11-16,18,24-26,32-33H,7,10,17,19H2,1-3H3,(H,30,34)(H,35,36)/t24-,25+,26+/m0/s1. The highest BCUT2D eigenvalue weighted by Gasteiger charge is 2.37. The number of hydrogen-bond acceptors (Lipinski definition) is 4. The van der Waals surface area contributed by atoms with Crippen LogP contribution in [0.3, 0.4) is 0 Å². The molecule has 0 unspecified atom stereocenters. The normalized spacial score (nSPS) is 14.1. The van der Waals surface area contributed by atoms with Crippen LogP contribution in [0.2, 0.25) is 0 Å². The maximum absolute atomic E-state index is 13.4. The Morgan fingerprint density at radius 1 is 0.889 bits per heavy atom. The Labute approximate surface area is 212 Å². The minimum absolute atomic E-state index is 0.141. The van der Waals surface area contributed by atoms with E-state index in [1.54, 1.807) is 17.0 Å². The van der Waals surface area contributed by atoms with Crippen molar-refractivity contribution in [2.75, 3.05) is 13.2 Å². The molecule has 0 aliphatic heterocycles. The van der Waals surface area contributed by atoms with Gasteiger partial charge in [-0.2, -0.15) is 0 Å². The third-order valence-corrected chi connectivity index (χ3v) is 6.55. The van der Waals surface area contributed by atoms with Crippen LogP contribution in [-0.4, -0.2) is 51.0 Å². The molecule has 3 rings (SSSR count). The van der Waals surface area contributed by atoms with Gasteiger partial charge in [-0.25, -0.2) is 0 Å². The highest BCUT2D eigenvalue weighted by Crippen LogP contribution is 2.30. The molecule has 1 aromatic heterocycles. The molecule has 0 radical (unpaired) electrons. The van der Waals surface area contributed by atoms with Crippen LogP contribution in [0.15, 0.2) is 73.1 Å². The fourth-order valence-electron chi connectivity index (χ4n) is 4.29. The first-order valence-corrected chi connectivity index (χ1v) is 12.2. The second-order valence-corrected chi connectivity index (χ2v) is 10.2. The van der Waals surface area contributed by atoms with Crippen molar-refractivity contribution >= 4 is 11.9 Å². The largest absolute Gasteiger partial charge is 0.481 e. The molecule has 3 atom stereocenters. The molecule has 192 valence electrons. The lowest BCUT2D eigenvalue weighted by molar-refractivity contribution is -0.147. The van der Waals surface area contributed by atoms with Crippen LogP contribution in [-0.2, 0) is 9.59 Å². The molecular formula is C29H36N2O5. The van der Waals surface area contributed by atoms with Crippen molar-refractivity contribution in [3.05, 3.63) is 73.1 Å². The van der Waals surface area contributed by atoms with Crippen molar-refractivity contribution in [3.63, 3.8) is 0 Å². The topological polar surface area (TPSA) is 112 Å². The average molecular weight is 493 g/mol. The number of carbonyl (C=O) groups excluding carboxylic acids is 1. The Bertz CT molecular complexity index is 1130. The lowest BCUT2D eigenvalue weighted by Gasteiger charge is -2.33. The molecule has 1 amide bonds. The molecule has 4 N–H and O–H groups in total. The molecular weight excluding hydrogens is 456 g/mol. The van der Waals surface area contributed by atoms with E-state index in [9.17, 15) is 24.9 Å². The number of nitrogens with one attached hydrogen (secondary N) is 1. The van der Waals surface area contributed by atoms with Crippen molar-refractivity contribution < 1.29 is 24.9 Å². The van der Waals surface area contributed by atoms with Gasteiger partial charge in [0.2, 0.25) is 5.91 Å². The number of nitrogens with zero attached hydrogens (tertiary/aromatic N) is 1. The van der Waals surface area contributed by atoms with Gasteiger partial charge in [0, 0.05) is 19.0 Å². The summed E-state index contributed by atoms with van der Waals surface area (Å²) in [4.78, 5) is 25.6. The highest BCUT2D eigenvalue weighted by molar-refractivity contribution is 5.86. The summed E-state index contributed by atoms with van der Waals surface area (Å²) in [6.45, 7) is 5.27. The van der Waals surface area contributed by atoms with E-state index >= 15 is 0 Å². The number of hydrogen-bond donors (Lipinski definition) is 4. The Hall–Kier alpha value is -3.42. The van der Waals surface area contributed by atoms with Crippen LogP contribution >= 0.6 is 0 Å². The minimum Gasteiger partial charge on any atom is -0.481 e. The number of aliphatic carboxylic acids is 1. The van der Waals surface area contributed by atoms with E-state index in [2.05, 4.69) is 5.32 Å². The Balaban J connectivity index is 1.93. The zero-order chi connectivity index (χ0) is 26.3. The van der Waals surface area contributed by atoms with E-state index < -0.39 is 35.3 Å². The number of rotatable bonds is 11. The molecule has 1 heterocycles. The lowest BCUT2D eigenvalue weighted by Crippen LogP contribution is -2.50. The van der Waals surface area contributed by atoms with Gasteiger partial charge in [0.15, 0.2) is 0 Å². The van der Waals surface area contributed by atoms with Gasteiger partial charge in [0.1, 0.15) is 6.04 Å². The van der Waals surface area contributed by atoms with E-state index in [0.29, 0.717) is 0 Å². The molecule has 0 fully saturated rings. The molecule has 0 saturated carbocycles. The third-order valence-electron chi connectivity index (χ3n) is 6.55. The number of carboxylic acids is 1. The molecule has 0 spiro atoms. The van der Waals surface area contributed by atoms with Gasteiger partial charge in [-0.1, -0.05) is 75.4 Å². The summed E-state index contributed by atoms with van der Waals surface area (Å²) < 4.78 is 1.63. The Morgan fingerprint density at radius 3 is 2.00 bits per heavy atom. The van der Waals surface area contributed by atoms with E-state index in [4.69, 9.17) is 0 Å². The number of carboxylic acid groups (broad SMARTS) is 1. The smallest absolute Gasteiger partial charge is 0.309 e. The first-order valence-electron chi connectivity index (χ1n) is 12.2. The number of amides is 1. The SMILES string of the molecule is CC(C)(C)[C@@H](CO)NC(=O)[C@@H]([C@H](CCCO)C(=O)O)n1ccc(-c2ccc(-c3ccccc3)cc2)c1. The fraction of sp³-hybridized carbons (Fsp3) is 0.379. The molecule has 0 aliphatic rings. The van der Waals surface area contributed by atoms with Gasteiger partial charge >= 0.3 is 5.97 Å². The van der Waals surface area contributed by atoms with E-state index in [1.165, 1.54) is 0 Å². The van der Waals surface area contributed by atoms with E-state index in [1.807, 2.05) is 81.4 Å². The van der Waals surface area contributed by atoms with Crippen LogP contribution in [0.4, 0.5) is 0 Å². The predicted molar refractivity (Wildman–Crippen MR) is 140 cm³/mol. The van der Waals surface area contributed by atoms with Gasteiger partial charge in [-0.3, -0.25) is 9.59 Å². The molecule has 7 heteroatoms. The van der Waals surface area contributed by atoms with Gasteiger partial charge in [-0.05, 0) is 46.6 Å². The third kappa shape index (κ3) is 6.62. The minimum atomic E-state index is -1.11. The Kier molecular flexibility index (Phi) is 9.07. The zero-order valence-corrected chi connectivity index (χ0v) is 21.1. The summed E-state index contributed by atoms with van der Waals surface area (Å²) in [5, 5.41) is 32.0. The lowest BCUT2D eigenvalue weighted by atomic mass is 9.86. The highest BCUT2D eigenvalue weighted by atomic mass is 16.4. The second kappa shape index (κ2) is 12.0. The summed E-state index contributed by atoms with van der Waals surface area (Å²) in [6, 6.07) is 18.4. The van der Waals surface area contributed by atoms with E-state index in [0.717, 1.165) is 22.3 Å². The van der Waals surface area contributed by atoms with Crippen LogP contribution in [0.5, 0.6) is 0 Å². The maximum atomic E-state index is 13.4. The van der Waals surface area contributed by atoms with Crippen molar-refractivity contribution in [1.29, 1.82) is 0 Å². The summed E-state index contributed by atoms with van der Waals surface area (Å²) in [7, 11) is 0. The van der Waals surface area contributed by atoms with Gasteiger partial charge in [-0.15, -0.1) is 0 Å². The number of carbonyl (C=O) groups is 2. The first kappa shape index (κ1) is 27.2. The Morgan fingerprint density at radius 2 is 1.47 bits per heavy atom. The average Bonchev–Trinajstić information content (AvgIpc) is 3.34. The molecule has 36 heavy (non-hydrogen) atoms. The number of aliphatic hydroxyl groups is 2. The number of aliphatic hydroxyl groups excluding tert-OH is 2. The van der Waals surface area contributed by atoms with Crippen molar-refractivity contribution in [2.24, 2.45) is 11.3 Å². The predicted octanol–water partition coefficient (Wildman–Crippen LogP) is 4.36. The molecule has 3 aromatic rings. The molecule has 0 aliphatic carbocycles. The first-order chi connectivity index (χ1) is 17.2. The number of aromatic nitrogens is 1. The molecule has 0 bridgehead atoms. The van der Waals surface area contributed by atoms with Gasteiger partial charge < -0.3 is 25.2 Å². The van der Waals surface area contributed by atoms with Crippen molar-refractivity contribution in [2.45, 2.75) is 45.7 Å². The number of benzene rings is 2. The maximum Gasteiger partial charge on any atom is 0.309 e. The summed E-state index contributed by atoms with van der Waals surface area (Å²) in [5.41, 5.74) is 3.58. The van der Waals surface area contributed by atoms with Gasteiger partial charge in [0.05, 0.1) is 18.6 Å². The quantitative estimate of drug-likeness (QED) is 0.318. The molecule has 7 nitrogen and oxygen atoms in total. The molecule has 0 saturated heterocycles. The zero-order valence-electron chi connectivity index (χ0n) is 21.1. The summed E-state index contributed by atoms with van der Waals surface area (Å²) in [6.07, 6.45) is 3.90. The van der Waals surface area contributed by atoms with Crippen LogP contribution in [0.1, 0.15) is 39.7 Å². The van der Waals surface area contributed by atoms with Crippen LogP contribution in [0.25, 0.3) is 22.3 Å². The second-order valence-electron chi connectivity index (χ2n) is 10.2. The monoisotopic (exact) mass is 492 g/mol.